The van der Waals surface area contributed by atoms with Crippen LogP contribution in [-0.4, -0.2) is 76.8 Å². The summed E-state index contributed by atoms with van der Waals surface area (Å²) >= 11 is 0. The van der Waals surface area contributed by atoms with E-state index in [0.29, 0.717) is 38.6 Å². The fourth-order valence-corrected chi connectivity index (χ4v) is 4.11. The lowest BCUT2D eigenvalue weighted by Gasteiger charge is -2.31. The molecule has 2 aliphatic heterocycles. The van der Waals surface area contributed by atoms with Crippen LogP contribution in [0.2, 0.25) is 0 Å². The number of ether oxygens (including phenoxy) is 1. The maximum Gasteiger partial charge on any atom is 0.320 e. The Bertz CT molecular complexity index is 842. The van der Waals surface area contributed by atoms with Crippen molar-refractivity contribution in [2.24, 2.45) is 0 Å². The lowest BCUT2D eigenvalue weighted by atomic mass is 10.00. The average Bonchev–Trinajstić information content (AvgIpc) is 3.07. The van der Waals surface area contributed by atoms with Gasteiger partial charge in [0.2, 0.25) is 5.88 Å². The molecule has 1 N–H and O–H groups in total. The molecular formula is C22H28N4O3. The molecule has 1 atom stereocenters. The lowest BCUT2D eigenvalue weighted by molar-refractivity contribution is 0.0812. The fourth-order valence-electron chi connectivity index (χ4n) is 4.11. The van der Waals surface area contributed by atoms with Gasteiger partial charge in [-0.25, -0.2) is 9.78 Å². The third-order valence-electron chi connectivity index (χ3n) is 5.67. The highest BCUT2D eigenvalue weighted by Gasteiger charge is 2.30. The number of hydrogen-bond acceptors (Lipinski definition) is 5. The van der Waals surface area contributed by atoms with Crippen LogP contribution in [0.1, 0.15) is 16.7 Å². The van der Waals surface area contributed by atoms with E-state index in [1.165, 1.54) is 11.1 Å². The number of rotatable bonds is 7. The molecule has 154 valence electrons. The van der Waals surface area contributed by atoms with E-state index in [2.05, 4.69) is 34.1 Å². The fraction of sp³-hybridized carbons (Fsp3) is 0.455. The van der Waals surface area contributed by atoms with Crippen molar-refractivity contribution < 1.29 is 14.6 Å². The summed E-state index contributed by atoms with van der Waals surface area (Å²) in [5.41, 5.74) is 3.70. The van der Waals surface area contributed by atoms with E-state index >= 15 is 0 Å². The molecule has 3 heterocycles. The molecule has 7 heteroatoms. The highest BCUT2D eigenvalue weighted by molar-refractivity contribution is 5.76. The Hall–Kier alpha value is -2.64. The molecule has 7 nitrogen and oxygen atoms in total. The minimum Gasteiger partial charge on any atom is -0.481 e. The van der Waals surface area contributed by atoms with Gasteiger partial charge in [0.1, 0.15) is 0 Å². The second-order valence-electron chi connectivity index (χ2n) is 7.77. The van der Waals surface area contributed by atoms with Gasteiger partial charge in [0.05, 0.1) is 13.2 Å². The van der Waals surface area contributed by atoms with Gasteiger partial charge in [-0.3, -0.25) is 4.90 Å². The number of fused-ring (bicyclic) bond motifs is 1. The topological polar surface area (TPSA) is 69.1 Å². The number of hydrogen-bond donors (Lipinski definition) is 1. The van der Waals surface area contributed by atoms with Crippen LogP contribution in [-0.2, 0) is 19.5 Å². The van der Waals surface area contributed by atoms with Crippen molar-refractivity contribution in [2.45, 2.75) is 25.6 Å². The van der Waals surface area contributed by atoms with E-state index < -0.39 is 6.10 Å². The number of carbonyl (C=O) groups excluding carboxylic acids is 1. The van der Waals surface area contributed by atoms with Crippen LogP contribution < -0.4 is 4.74 Å². The smallest absolute Gasteiger partial charge is 0.320 e. The minimum atomic E-state index is -0.549. The predicted molar refractivity (Wildman–Crippen MR) is 110 cm³/mol. The van der Waals surface area contributed by atoms with E-state index in [0.717, 1.165) is 25.1 Å². The summed E-state index contributed by atoms with van der Waals surface area (Å²) < 4.78 is 5.07. The summed E-state index contributed by atoms with van der Waals surface area (Å²) in [5, 5.41) is 10.6. The molecule has 0 bridgehead atoms. The Kier molecular flexibility index (Phi) is 5.97. The molecule has 0 spiro atoms. The van der Waals surface area contributed by atoms with E-state index in [-0.39, 0.29) is 6.03 Å². The summed E-state index contributed by atoms with van der Waals surface area (Å²) in [6, 6.07) is 12.2. The number of carbonyl (C=O) groups is 1. The second-order valence-corrected chi connectivity index (χ2v) is 7.77. The highest BCUT2D eigenvalue weighted by atomic mass is 16.5. The molecular weight excluding hydrogens is 368 g/mol. The molecule has 1 fully saturated rings. The van der Waals surface area contributed by atoms with Gasteiger partial charge < -0.3 is 19.6 Å². The Morgan fingerprint density at radius 3 is 2.62 bits per heavy atom. The van der Waals surface area contributed by atoms with E-state index in [1.54, 1.807) is 29.2 Å². The summed E-state index contributed by atoms with van der Waals surface area (Å²) in [7, 11) is 1.58. The quantitative estimate of drug-likeness (QED) is 0.772. The van der Waals surface area contributed by atoms with Crippen molar-refractivity contribution in [3.05, 3.63) is 59.3 Å². The standard InChI is InChI=1S/C22H28N4O3/c1-29-21-7-6-17(12-23-21)13-25-10-11-26(22(25)28)16-20(27)15-24-9-8-18-4-2-3-5-19(18)14-24/h2-7,12,20,27H,8-11,13-16H2,1H3. The molecule has 1 saturated heterocycles. The number of aliphatic hydroxyl groups is 1. The highest BCUT2D eigenvalue weighted by Crippen LogP contribution is 2.19. The summed E-state index contributed by atoms with van der Waals surface area (Å²) in [4.78, 5) is 22.7. The van der Waals surface area contributed by atoms with Gasteiger partial charge in [-0.05, 0) is 23.1 Å². The molecule has 4 rings (SSSR count). The van der Waals surface area contributed by atoms with E-state index in [1.807, 2.05) is 6.07 Å². The monoisotopic (exact) mass is 396 g/mol. The van der Waals surface area contributed by atoms with Crippen LogP contribution in [0.3, 0.4) is 0 Å². The van der Waals surface area contributed by atoms with Crippen molar-refractivity contribution in [1.29, 1.82) is 0 Å². The molecule has 1 aromatic carbocycles. The summed E-state index contributed by atoms with van der Waals surface area (Å²) in [6.07, 6.45) is 2.19. The van der Waals surface area contributed by atoms with Gasteiger partial charge in [0.15, 0.2) is 0 Å². The molecule has 1 aromatic heterocycles. The van der Waals surface area contributed by atoms with Crippen LogP contribution >= 0.6 is 0 Å². The number of pyridine rings is 1. The first-order valence-corrected chi connectivity index (χ1v) is 10.1. The van der Waals surface area contributed by atoms with Gasteiger partial charge in [0.25, 0.3) is 0 Å². The second kappa shape index (κ2) is 8.80. The van der Waals surface area contributed by atoms with Crippen LogP contribution in [0.25, 0.3) is 0 Å². The first-order chi connectivity index (χ1) is 14.1. The zero-order valence-electron chi connectivity index (χ0n) is 16.8. The maximum atomic E-state index is 12.7. The first kappa shape index (κ1) is 19.7. The van der Waals surface area contributed by atoms with Crippen LogP contribution in [0.5, 0.6) is 5.88 Å². The average molecular weight is 396 g/mol. The molecule has 0 saturated carbocycles. The largest absolute Gasteiger partial charge is 0.481 e. The SMILES string of the molecule is COc1ccc(CN2CCN(CC(O)CN3CCc4ccccc4C3)C2=O)cn1. The number of aliphatic hydroxyl groups excluding tert-OH is 1. The van der Waals surface area contributed by atoms with E-state index in [4.69, 9.17) is 4.74 Å². The number of amides is 2. The van der Waals surface area contributed by atoms with Crippen LogP contribution in [0, 0.1) is 0 Å². The van der Waals surface area contributed by atoms with E-state index in [9.17, 15) is 9.90 Å². The summed E-state index contributed by atoms with van der Waals surface area (Å²) in [6.45, 7) is 4.58. The number of methoxy groups -OCH3 is 1. The summed E-state index contributed by atoms with van der Waals surface area (Å²) in [5.74, 6) is 0.562. The molecule has 2 aliphatic rings. The Balaban J connectivity index is 1.27. The van der Waals surface area contributed by atoms with Gasteiger partial charge in [-0.1, -0.05) is 30.3 Å². The molecule has 0 radical (unpaired) electrons. The number of benzene rings is 1. The molecule has 0 aliphatic carbocycles. The van der Waals surface area contributed by atoms with Gasteiger partial charge in [-0.15, -0.1) is 0 Å². The number of β-amino-alcohol motifs (C(OH)–C–C–N with tert-alkyl or cyclic N) is 1. The van der Waals surface area contributed by atoms with Crippen molar-refractivity contribution in [3.63, 3.8) is 0 Å². The maximum absolute atomic E-state index is 12.7. The normalized spacial score (nSPS) is 18.1. The molecule has 2 amide bonds. The predicted octanol–water partition coefficient (Wildman–Crippen LogP) is 1.75. The van der Waals surface area contributed by atoms with Crippen molar-refractivity contribution in [2.75, 3.05) is 39.8 Å². The van der Waals surface area contributed by atoms with Crippen LogP contribution in [0.4, 0.5) is 4.79 Å². The Morgan fingerprint density at radius 2 is 1.86 bits per heavy atom. The number of aromatic nitrogens is 1. The third kappa shape index (κ3) is 4.68. The van der Waals surface area contributed by atoms with Gasteiger partial charge in [-0.2, -0.15) is 0 Å². The Morgan fingerprint density at radius 1 is 1.07 bits per heavy atom. The minimum absolute atomic E-state index is 0.0242. The third-order valence-corrected chi connectivity index (χ3v) is 5.67. The van der Waals surface area contributed by atoms with Gasteiger partial charge in [0, 0.05) is 58.1 Å². The number of nitrogens with zero attached hydrogens (tertiary/aromatic N) is 4. The zero-order chi connectivity index (χ0) is 20.2. The van der Waals surface area contributed by atoms with Crippen molar-refractivity contribution >= 4 is 6.03 Å². The zero-order valence-corrected chi connectivity index (χ0v) is 16.8. The van der Waals surface area contributed by atoms with Crippen molar-refractivity contribution in [3.8, 4) is 5.88 Å². The van der Waals surface area contributed by atoms with Crippen LogP contribution in [0.15, 0.2) is 42.6 Å². The molecule has 1 unspecified atom stereocenters. The first-order valence-electron chi connectivity index (χ1n) is 10.1. The molecule has 2 aromatic rings. The van der Waals surface area contributed by atoms with Crippen molar-refractivity contribution in [1.82, 2.24) is 19.7 Å². The Labute approximate surface area is 171 Å². The number of urea groups is 1. The lowest BCUT2D eigenvalue weighted by Crippen LogP contribution is -2.43. The molecule has 29 heavy (non-hydrogen) atoms. The van der Waals surface area contributed by atoms with Gasteiger partial charge >= 0.3 is 6.03 Å².